The number of rotatable bonds is 5. The van der Waals surface area contributed by atoms with Gasteiger partial charge in [0.25, 0.3) is 0 Å². The molecule has 0 fully saturated rings. The fourth-order valence-corrected chi connectivity index (χ4v) is 3.97. The van der Waals surface area contributed by atoms with Gasteiger partial charge in [-0.1, -0.05) is 11.3 Å². The van der Waals surface area contributed by atoms with Crippen LogP contribution < -0.4 is 9.47 Å². The molecular formula is C19H15N3O4S. The van der Waals surface area contributed by atoms with E-state index in [1.807, 2.05) is 18.2 Å². The van der Waals surface area contributed by atoms with Crippen LogP contribution in [0.2, 0.25) is 0 Å². The van der Waals surface area contributed by atoms with E-state index in [0.29, 0.717) is 10.7 Å². The third-order valence-corrected chi connectivity index (χ3v) is 5.29. The van der Waals surface area contributed by atoms with Crippen molar-refractivity contribution in [2.45, 2.75) is 6.42 Å². The van der Waals surface area contributed by atoms with E-state index in [4.69, 9.17) is 9.47 Å². The van der Waals surface area contributed by atoms with E-state index in [2.05, 4.69) is 9.98 Å². The Balaban J connectivity index is 1.60. The summed E-state index contributed by atoms with van der Waals surface area (Å²) in [5.74, 6) is 1.06. The number of nitro groups is 1. The van der Waals surface area contributed by atoms with Crippen molar-refractivity contribution < 1.29 is 14.4 Å². The molecule has 1 aliphatic carbocycles. The number of aliphatic imine (C=N–C) groups is 1. The van der Waals surface area contributed by atoms with Gasteiger partial charge < -0.3 is 9.47 Å². The van der Waals surface area contributed by atoms with Gasteiger partial charge in [-0.15, -0.1) is 0 Å². The smallest absolute Gasteiger partial charge is 0.311 e. The maximum atomic E-state index is 11.1. The lowest BCUT2D eigenvalue weighted by Gasteiger charge is -2.03. The Morgan fingerprint density at radius 2 is 2.07 bits per heavy atom. The average molecular weight is 381 g/mol. The van der Waals surface area contributed by atoms with Crippen molar-refractivity contribution in [1.82, 2.24) is 4.98 Å². The summed E-state index contributed by atoms with van der Waals surface area (Å²) in [6.45, 7) is 0. The van der Waals surface area contributed by atoms with E-state index >= 15 is 0 Å². The van der Waals surface area contributed by atoms with Gasteiger partial charge in [-0.25, -0.2) is 9.98 Å². The molecule has 0 spiro atoms. The van der Waals surface area contributed by atoms with Gasteiger partial charge in [-0.05, 0) is 41.5 Å². The van der Waals surface area contributed by atoms with Crippen LogP contribution in [0.4, 0.5) is 10.8 Å². The topological polar surface area (TPSA) is 86.8 Å². The summed E-state index contributed by atoms with van der Waals surface area (Å²) < 4.78 is 10.3. The van der Waals surface area contributed by atoms with Crippen LogP contribution in [-0.2, 0) is 6.42 Å². The Hall–Kier alpha value is -3.26. The molecule has 3 aromatic rings. The number of nitro benzene ring substituents is 1. The number of hydrogen-bond acceptors (Lipinski definition) is 7. The van der Waals surface area contributed by atoms with E-state index < -0.39 is 4.92 Å². The van der Waals surface area contributed by atoms with Crippen LogP contribution in [0.15, 0.2) is 41.4 Å². The Bertz CT molecular complexity index is 1070. The van der Waals surface area contributed by atoms with Crippen molar-refractivity contribution in [2.24, 2.45) is 4.99 Å². The molecule has 1 aromatic heterocycles. The van der Waals surface area contributed by atoms with Crippen LogP contribution >= 0.6 is 11.3 Å². The Morgan fingerprint density at radius 1 is 1.22 bits per heavy atom. The van der Waals surface area contributed by atoms with Crippen molar-refractivity contribution in [2.75, 3.05) is 14.2 Å². The zero-order chi connectivity index (χ0) is 19.0. The quantitative estimate of drug-likeness (QED) is 0.291. The molecule has 0 amide bonds. The van der Waals surface area contributed by atoms with Crippen molar-refractivity contribution in [3.05, 3.63) is 62.5 Å². The highest BCUT2D eigenvalue weighted by Crippen LogP contribution is 2.43. The molecule has 4 rings (SSSR count). The lowest BCUT2D eigenvalue weighted by Crippen LogP contribution is -1.95. The minimum atomic E-state index is -0.473. The maximum Gasteiger partial charge on any atom is 0.311 e. The summed E-state index contributed by atoms with van der Waals surface area (Å²) in [5, 5.41) is 11.8. The van der Waals surface area contributed by atoms with E-state index in [9.17, 15) is 10.1 Å². The molecule has 2 aromatic carbocycles. The first kappa shape index (κ1) is 17.2. The highest BCUT2D eigenvalue weighted by atomic mass is 32.1. The van der Waals surface area contributed by atoms with Crippen LogP contribution in [0.1, 0.15) is 16.0 Å². The lowest BCUT2D eigenvalue weighted by molar-refractivity contribution is -0.385. The Kier molecular flexibility index (Phi) is 4.33. The highest BCUT2D eigenvalue weighted by Gasteiger charge is 2.23. The molecule has 1 aliphatic rings. The number of aromatic nitrogens is 1. The summed E-state index contributed by atoms with van der Waals surface area (Å²) in [5.41, 5.74) is 3.77. The van der Waals surface area contributed by atoms with Gasteiger partial charge in [0.1, 0.15) is 5.75 Å². The largest absolute Gasteiger partial charge is 0.497 e. The molecule has 0 atom stereocenters. The fourth-order valence-electron chi connectivity index (χ4n) is 3.03. The second kappa shape index (κ2) is 6.81. The van der Waals surface area contributed by atoms with Crippen LogP contribution in [0.25, 0.3) is 11.3 Å². The second-order valence-electron chi connectivity index (χ2n) is 5.91. The minimum absolute atomic E-state index is 0.0917. The van der Waals surface area contributed by atoms with Crippen molar-refractivity contribution in [3.63, 3.8) is 0 Å². The third-order valence-electron chi connectivity index (χ3n) is 4.33. The van der Waals surface area contributed by atoms with Crippen LogP contribution in [0.5, 0.6) is 11.5 Å². The maximum absolute atomic E-state index is 11.1. The Morgan fingerprint density at radius 3 is 2.81 bits per heavy atom. The van der Waals surface area contributed by atoms with Crippen LogP contribution in [0, 0.1) is 10.1 Å². The predicted molar refractivity (Wildman–Crippen MR) is 104 cm³/mol. The molecule has 0 saturated carbocycles. The zero-order valence-corrected chi connectivity index (χ0v) is 15.4. The average Bonchev–Trinajstić information content (AvgIpc) is 3.22. The SMILES string of the molecule is COc1ccc2c(c1)Cc1sc(N=Cc3ccc(OC)c([N+](=O)[O-])c3)nc1-2. The van der Waals surface area contributed by atoms with E-state index in [1.165, 1.54) is 30.1 Å². The molecule has 0 unspecified atom stereocenters. The first-order valence-electron chi connectivity index (χ1n) is 8.12. The first-order valence-corrected chi connectivity index (χ1v) is 8.94. The second-order valence-corrected chi connectivity index (χ2v) is 6.98. The van der Waals surface area contributed by atoms with Gasteiger partial charge in [0.05, 0.1) is 24.8 Å². The van der Waals surface area contributed by atoms with Crippen molar-refractivity contribution >= 4 is 28.4 Å². The molecule has 0 aliphatic heterocycles. The van der Waals surface area contributed by atoms with Crippen LogP contribution in [0.3, 0.4) is 0 Å². The first-order chi connectivity index (χ1) is 13.1. The molecular weight excluding hydrogens is 366 g/mol. The highest BCUT2D eigenvalue weighted by molar-refractivity contribution is 7.15. The standard InChI is InChI=1S/C19H15N3O4S/c1-25-13-4-5-14-12(8-13)9-17-18(14)21-19(27-17)20-10-11-3-6-16(26-2)15(7-11)22(23)24/h3-8,10H,9H2,1-2H3. The number of methoxy groups -OCH3 is 2. The van der Waals surface area contributed by atoms with Crippen molar-refractivity contribution in [3.8, 4) is 22.8 Å². The lowest BCUT2D eigenvalue weighted by atomic mass is 10.1. The minimum Gasteiger partial charge on any atom is -0.497 e. The molecule has 0 bridgehead atoms. The number of hydrogen-bond donors (Lipinski definition) is 0. The molecule has 27 heavy (non-hydrogen) atoms. The molecule has 1 heterocycles. The van der Waals surface area contributed by atoms with Gasteiger partial charge >= 0.3 is 5.69 Å². The number of ether oxygens (including phenoxy) is 2. The fraction of sp³-hybridized carbons (Fsp3) is 0.158. The monoisotopic (exact) mass is 381 g/mol. The predicted octanol–water partition coefficient (Wildman–Crippen LogP) is 4.39. The third kappa shape index (κ3) is 3.15. The molecule has 0 N–H and O–H groups in total. The van der Waals surface area contributed by atoms with Gasteiger partial charge in [-0.3, -0.25) is 10.1 Å². The van der Waals surface area contributed by atoms with Crippen LogP contribution in [-0.4, -0.2) is 30.3 Å². The van der Waals surface area contributed by atoms with Gasteiger partial charge in [0, 0.05) is 29.1 Å². The summed E-state index contributed by atoms with van der Waals surface area (Å²) in [7, 11) is 3.06. The molecule has 0 radical (unpaired) electrons. The molecule has 136 valence electrons. The summed E-state index contributed by atoms with van der Waals surface area (Å²) in [6, 6.07) is 10.7. The van der Waals surface area contributed by atoms with Gasteiger partial charge in [-0.2, -0.15) is 0 Å². The normalized spacial score (nSPS) is 12.1. The number of nitrogens with zero attached hydrogens (tertiary/aromatic N) is 3. The summed E-state index contributed by atoms with van der Waals surface area (Å²) >= 11 is 1.52. The molecule has 0 saturated heterocycles. The molecule has 8 heteroatoms. The van der Waals surface area contributed by atoms with Gasteiger partial charge in [0.15, 0.2) is 5.75 Å². The number of fused-ring (bicyclic) bond motifs is 3. The van der Waals surface area contributed by atoms with E-state index in [1.54, 1.807) is 25.5 Å². The van der Waals surface area contributed by atoms with E-state index in [0.717, 1.165) is 28.3 Å². The molecule has 7 nitrogen and oxygen atoms in total. The number of benzene rings is 2. The zero-order valence-electron chi connectivity index (χ0n) is 14.6. The summed E-state index contributed by atoms with van der Waals surface area (Å²) in [6.07, 6.45) is 2.39. The van der Waals surface area contributed by atoms with Crippen molar-refractivity contribution in [1.29, 1.82) is 0 Å². The number of thiazole rings is 1. The summed E-state index contributed by atoms with van der Waals surface area (Å²) in [4.78, 5) is 20.8. The van der Waals surface area contributed by atoms with Gasteiger partial charge in [0.2, 0.25) is 5.13 Å². The Labute approximate surface area is 159 Å². The van der Waals surface area contributed by atoms with E-state index in [-0.39, 0.29) is 11.4 Å².